The molecule has 4 rings (SSSR count). The Balaban J connectivity index is 1.30. The van der Waals surface area contributed by atoms with Crippen molar-refractivity contribution in [2.45, 2.75) is 31.7 Å². The van der Waals surface area contributed by atoms with Gasteiger partial charge >= 0.3 is 5.97 Å². The van der Waals surface area contributed by atoms with Crippen LogP contribution in [0, 0.1) is 0 Å². The first-order chi connectivity index (χ1) is 17.5. The van der Waals surface area contributed by atoms with Gasteiger partial charge in [0.25, 0.3) is 0 Å². The van der Waals surface area contributed by atoms with Crippen LogP contribution in [0.5, 0.6) is 0 Å². The second kappa shape index (κ2) is 12.3. The van der Waals surface area contributed by atoms with Crippen LogP contribution in [0.3, 0.4) is 0 Å². The molecule has 1 atom stereocenters. The largest absolute Gasteiger partial charge is 0.466 e. The van der Waals surface area contributed by atoms with Crippen molar-refractivity contribution in [3.8, 4) is 0 Å². The summed E-state index contributed by atoms with van der Waals surface area (Å²) in [5, 5.41) is 7.70. The molecule has 0 spiro atoms. The highest BCUT2D eigenvalue weighted by molar-refractivity contribution is 7.80. The number of benzene rings is 3. The molecule has 3 aromatic carbocycles. The normalized spacial score (nSPS) is 15.3. The Morgan fingerprint density at radius 3 is 2.61 bits per heavy atom. The zero-order valence-corrected chi connectivity index (χ0v) is 20.8. The number of ether oxygens (including phenoxy) is 1. The number of carbonyl (C=O) groups is 3. The van der Waals surface area contributed by atoms with Crippen molar-refractivity contribution in [3.63, 3.8) is 0 Å². The molecule has 1 saturated heterocycles. The monoisotopic (exact) mass is 503 g/mol. The molecule has 0 aromatic heterocycles. The van der Waals surface area contributed by atoms with E-state index in [1.165, 1.54) is 5.56 Å². The Bertz CT molecular complexity index is 1240. The summed E-state index contributed by atoms with van der Waals surface area (Å²) in [6, 6.07) is 22.8. The van der Waals surface area contributed by atoms with Crippen LogP contribution in [0.25, 0.3) is 10.8 Å². The number of hydrogen-bond donors (Lipinski definition) is 2. The first kappa shape index (κ1) is 25.3. The fraction of sp³-hybridized carbons (Fsp3) is 0.286. The van der Waals surface area contributed by atoms with Gasteiger partial charge in [-0.2, -0.15) is 0 Å². The summed E-state index contributed by atoms with van der Waals surface area (Å²) < 4.78 is 5.37. The van der Waals surface area contributed by atoms with E-state index in [1.807, 2.05) is 72.8 Å². The van der Waals surface area contributed by atoms with Crippen LogP contribution < -0.4 is 10.6 Å². The molecular formula is C28H29N3O4S. The third-order valence-corrected chi connectivity index (χ3v) is 6.48. The van der Waals surface area contributed by atoms with Gasteiger partial charge in [-0.15, -0.1) is 0 Å². The Morgan fingerprint density at radius 2 is 1.78 bits per heavy atom. The molecule has 0 radical (unpaired) electrons. The summed E-state index contributed by atoms with van der Waals surface area (Å²) in [7, 11) is 0. The van der Waals surface area contributed by atoms with Gasteiger partial charge in [0, 0.05) is 13.1 Å². The molecule has 0 saturated carbocycles. The quantitative estimate of drug-likeness (QED) is 0.279. The van der Waals surface area contributed by atoms with Gasteiger partial charge in [-0.3, -0.25) is 14.4 Å². The third kappa shape index (κ3) is 6.66. The fourth-order valence-electron chi connectivity index (χ4n) is 4.34. The summed E-state index contributed by atoms with van der Waals surface area (Å²) in [6.07, 6.45) is 1.50. The van der Waals surface area contributed by atoms with Gasteiger partial charge in [0.15, 0.2) is 5.11 Å². The summed E-state index contributed by atoms with van der Waals surface area (Å²) in [6.45, 7) is 1.04. The lowest BCUT2D eigenvalue weighted by molar-refractivity contribution is -0.147. The van der Waals surface area contributed by atoms with E-state index in [2.05, 4.69) is 10.6 Å². The first-order valence-electron chi connectivity index (χ1n) is 12.1. The van der Waals surface area contributed by atoms with Gasteiger partial charge in [0.1, 0.15) is 6.04 Å². The molecule has 2 amide bonds. The Labute approximate surface area is 215 Å². The molecule has 7 nitrogen and oxygen atoms in total. The van der Waals surface area contributed by atoms with Crippen LogP contribution in [0.1, 0.15) is 24.0 Å². The number of nitrogens with one attached hydrogen (secondary N) is 2. The van der Waals surface area contributed by atoms with Gasteiger partial charge in [-0.1, -0.05) is 72.8 Å². The molecule has 1 aliphatic heterocycles. The number of piperazine rings is 1. The Kier molecular flexibility index (Phi) is 8.62. The lowest BCUT2D eigenvalue weighted by Crippen LogP contribution is -2.60. The van der Waals surface area contributed by atoms with E-state index in [0.717, 1.165) is 22.8 Å². The molecule has 1 unspecified atom stereocenters. The van der Waals surface area contributed by atoms with Crippen LogP contribution in [-0.4, -0.2) is 53.5 Å². The van der Waals surface area contributed by atoms with Crippen molar-refractivity contribution in [1.82, 2.24) is 15.5 Å². The van der Waals surface area contributed by atoms with Crippen LogP contribution in [0.15, 0.2) is 72.8 Å². The molecule has 3 aromatic rings. The van der Waals surface area contributed by atoms with E-state index in [9.17, 15) is 14.4 Å². The fourth-order valence-corrected chi connectivity index (χ4v) is 4.67. The van der Waals surface area contributed by atoms with Crippen molar-refractivity contribution in [2.75, 3.05) is 19.7 Å². The van der Waals surface area contributed by atoms with Gasteiger partial charge < -0.3 is 20.3 Å². The van der Waals surface area contributed by atoms with Crippen LogP contribution in [0.2, 0.25) is 0 Å². The maximum Gasteiger partial charge on any atom is 0.308 e. The molecular weight excluding hydrogens is 474 g/mol. The van der Waals surface area contributed by atoms with Crippen molar-refractivity contribution in [2.24, 2.45) is 0 Å². The molecule has 8 heteroatoms. The third-order valence-electron chi connectivity index (χ3n) is 6.14. The molecule has 1 heterocycles. The number of thiocarbonyl (C=S) groups is 1. The zero-order valence-electron chi connectivity index (χ0n) is 19.9. The first-order valence-corrected chi connectivity index (χ1v) is 12.5. The maximum atomic E-state index is 12.8. The van der Waals surface area contributed by atoms with E-state index in [-0.39, 0.29) is 36.4 Å². The van der Waals surface area contributed by atoms with Crippen LogP contribution in [-0.2, 0) is 32.0 Å². The number of amides is 2. The second-order valence-electron chi connectivity index (χ2n) is 8.68. The lowest BCUT2D eigenvalue weighted by atomic mass is 10.0. The minimum atomic E-state index is -0.828. The lowest BCUT2D eigenvalue weighted by Gasteiger charge is -2.36. The zero-order chi connectivity index (χ0) is 25.3. The van der Waals surface area contributed by atoms with Crippen LogP contribution >= 0.6 is 12.2 Å². The van der Waals surface area contributed by atoms with Crippen molar-refractivity contribution < 1.29 is 19.1 Å². The molecule has 2 N–H and O–H groups in total. The maximum absolute atomic E-state index is 12.8. The smallest absolute Gasteiger partial charge is 0.308 e. The van der Waals surface area contributed by atoms with Gasteiger partial charge in [0.05, 0.1) is 19.4 Å². The van der Waals surface area contributed by atoms with Crippen molar-refractivity contribution in [3.05, 3.63) is 83.9 Å². The minimum Gasteiger partial charge on any atom is -0.466 e. The number of carbonyl (C=O) groups excluding carboxylic acids is 3. The topological polar surface area (TPSA) is 87.7 Å². The average Bonchev–Trinajstić information content (AvgIpc) is 2.88. The number of rotatable bonds is 8. The summed E-state index contributed by atoms with van der Waals surface area (Å²) in [5.41, 5.74) is 2.07. The highest BCUT2D eigenvalue weighted by atomic mass is 32.1. The molecule has 0 aliphatic carbocycles. The van der Waals surface area contributed by atoms with Gasteiger partial charge in [-0.25, -0.2) is 0 Å². The predicted molar refractivity (Wildman–Crippen MR) is 142 cm³/mol. The van der Waals surface area contributed by atoms with Crippen LogP contribution in [0.4, 0.5) is 0 Å². The molecule has 1 aliphatic rings. The van der Waals surface area contributed by atoms with E-state index < -0.39 is 12.0 Å². The van der Waals surface area contributed by atoms with Gasteiger partial charge in [-0.05, 0) is 47.0 Å². The molecule has 1 fully saturated rings. The second-order valence-corrected chi connectivity index (χ2v) is 9.07. The molecule has 186 valence electrons. The van der Waals surface area contributed by atoms with Crippen molar-refractivity contribution in [1.29, 1.82) is 0 Å². The number of hydrogen-bond acceptors (Lipinski definition) is 5. The number of fused-ring (bicyclic) bond motifs is 1. The highest BCUT2D eigenvalue weighted by Crippen LogP contribution is 2.19. The summed E-state index contributed by atoms with van der Waals surface area (Å²) in [5.74, 6) is -1.06. The van der Waals surface area contributed by atoms with Gasteiger partial charge in [0.2, 0.25) is 11.8 Å². The Morgan fingerprint density at radius 1 is 1.03 bits per heavy atom. The van der Waals surface area contributed by atoms with E-state index in [0.29, 0.717) is 19.5 Å². The minimum absolute atomic E-state index is 0.136. The average molecular weight is 504 g/mol. The predicted octanol–water partition coefficient (Wildman–Crippen LogP) is 3.15. The van der Waals surface area contributed by atoms with Crippen molar-refractivity contribution >= 4 is 45.9 Å². The summed E-state index contributed by atoms with van der Waals surface area (Å²) >= 11 is 5.47. The van der Waals surface area contributed by atoms with E-state index >= 15 is 0 Å². The summed E-state index contributed by atoms with van der Waals surface area (Å²) in [4.78, 5) is 39.4. The SMILES string of the molecule is O=C(Cc1cccc2ccccc12)NC(=S)N1CCNC(=O)C1CC(=O)OCCCc1ccccc1. The molecule has 0 bridgehead atoms. The standard InChI is InChI=1S/C28H29N3O4S/c32-25(18-22-13-6-12-21-11-4-5-14-23(21)22)30-28(36)31-16-15-29-27(34)24(31)19-26(33)35-17-7-10-20-8-2-1-3-9-20/h1-6,8-9,11-14,24H,7,10,15-19H2,(H,29,34)(H,30,32,36). The Hall–Kier alpha value is -3.78. The number of aryl methyl sites for hydroxylation is 1. The highest BCUT2D eigenvalue weighted by Gasteiger charge is 2.34. The van der Waals surface area contributed by atoms with E-state index in [4.69, 9.17) is 17.0 Å². The number of nitrogens with zero attached hydrogens (tertiary/aromatic N) is 1. The van der Waals surface area contributed by atoms with E-state index in [1.54, 1.807) is 4.90 Å². The number of esters is 1. The molecule has 36 heavy (non-hydrogen) atoms.